The Balaban J connectivity index is 2.81. The first-order valence-corrected chi connectivity index (χ1v) is 4.99. The van der Waals surface area contributed by atoms with Gasteiger partial charge in [-0.05, 0) is 26.0 Å². The molecule has 1 amide bonds. The van der Waals surface area contributed by atoms with Gasteiger partial charge in [-0.1, -0.05) is 0 Å². The fourth-order valence-corrected chi connectivity index (χ4v) is 1.50. The molecule has 0 fully saturated rings. The number of aliphatic hydroxyl groups is 1. The van der Waals surface area contributed by atoms with Gasteiger partial charge in [0.05, 0.1) is 6.10 Å². The minimum atomic E-state index is -0.500. The Hall–Kier alpha value is -1.29. The molecule has 0 saturated heterocycles. The lowest BCUT2D eigenvalue weighted by molar-refractivity contribution is 0.0694. The van der Waals surface area contributed by atoms with Crippen molar-refractivity contribution in [3.05, 3.63) is 23.5 Å². The van der Waals surface area contributed by atoms with E-state index in [0.29, 0.717) is 12.2 Å². The van der Waals surface area contributed by atoms with Crippen LogP contribution in [0.1, 0.15) is 23.1 Å². The number of carbonyl (C=O) groups excluding carboxylic acids is 1. The van der Waals surface area contributed by atoms with Crippen molar-refractivity contribution in [1.82, 2.24) is 9.47 Å². The second-order valence-electron chi connectivity index (χ2n) is 3.95. The van der Waals surface area contributed by atoms with Crippen molar-refractivity contribution in [3.8, 4) is 0 Å². The molecule has 0 saturated carbocycles. The third-order valence-corrected chi connectivity index (χ3v) is 2.48. The summed E-state index contributed by atoms with van der Waals surface area (Å²) in [5, 5.41) is 9.19. The third-order valence-electron chi connectivity index (χ3n) is 2.48. The molecule has 0 aliphatic rings. The van der Waals surface area contributed by atoms with E-state index in [0.717, 1.165) is 5.69 Å². The highest BCUT2D eigenvalue weighted by Crippen LogP contribution is 2.08. The molecule has 0 aliphatic heterocycles. The predicted molar refractivity (Wildman–Crippen MR) is 58.8 cm³/mol. The second-order valence-corrected chi connectivity index (χ2v) is 3.95. The van der Waals surface area contributed by atoms with Crippen LogP contribution in [0, 0.1) is 6.92 Å². The lowest BCUT2D eigenvalue weighted by atomic mass is 10.3. The number of nitrogens with zero attached hydrogens (tertiary/aromatic N) is 2. The first kappa shape index (κ1) is 11.8. The quantitative estimate of drug-likeness (QED) is 0.801. The molecule has 4 nitrogen and oxygen atoms in total. The SMILES string of the molecule is Cc1ccc(C(=O)N(C)CC(C)O)n1C. The van der Waals surface area contributed by atoms with E-state index in [1.165, 1.54) is 4.90 Å². The topological polar surface area (TPSA) is 45.5 Å². The zero-order chi connectivity index (χ0) is 11.6. The van der Waals surface area contributed by atoms with E-state index in [1.54, 1.807) is 20.0 Å². The van der Waals surface area contributed by atoms with E-state index in [-0.39, 0.29) is 5.91 Å². The zero-order valence-corrected chi connectivity index (χ0v) is 9.69. The van der Waals surface area contributed by atoms with E-state index in [1.807, 2.05) is 24.6 Å². The Bertz CT molecular complexity index is 355. The highest BCUT2D eigenvalue weighted by molar-refractivity contribution is 5.92. The number of hydrogen-bond acceptors (Lipinski definition) is 2. The summed E-state index contributed by atoms with van der Waals surface area (Å²) in [4.78, 5) is 13.4. The minimum absolute atomic E-state index is 0.0634. The lowest BCUT2D eigenvalue weighted by Crippen LogP contribution is -2.34. The van der Waals surface area contributed by atoms with Gasteiger partial charge in [-0.25, -0.2) is 0 Å². The molecule has 1 unspecified atom stereocenters. The summed E-state index contributed by atoms with van der Waals surface area (Å²) in [5.74, 6) is -0.0634. The van der Waals surface area contributed by atoms with Crippen LogP contribution >= 0.6 is 0 Å². The Kier molecular flexibility index (Phi) is 3.52. The van der Waals surface area contributed by atoms with Gasteiger partial charge in [0.15, 0.2) is 0 Å². The molecule has 1 rings (SSSR count). The molecule has 0 aliphatic carbocycles. The Labute approximate surface area is 90.1 Å². The van der Waals surface area contributed by atoms with Gasteiger partial charge in [0.25, 0.3) is 5.91 Å². The molecule has 1 N–H and O–H groups in total. The minimum Gasteiger partial charge on any atom is -0.392 e. The van der Waals surface area contributed by atoms with Crippen molar-refractivity contribution in [2.24, 2.45) is 7.05 Å². The van der Waals surface area contributed by atoms with Gasteiger partial charge in [0.1, 0.15) is 5.69 Å². The number of aromatic nitrogens is 1. The van der Waals surface area contributed by atoms with Crippen LogP contribution in [0.5, 0.6) is 0 Å². The van der Waals surface area contributed by atoms with Gasteiger partial charge in [0.2, 0.25) is 0 Å². The fraction of sp³-hybridized carbons (Fsp3) is 0.545. The number of aryl methyl sites for hydroxylation is 1. The van der Waals surface area contributed by atoms with Crippen molar-refractivity contribution >= 4 is 5.91 Å². The van der Waals surface area contributed by atoms with Crippen molar-refractivity contribution in [2.75, 3.05) is 13.6 Å². The van der Waals surface area contributed by atoms with Crippen LogP contribution in [0.2, 0.25) is 0 Å². The lowest BCUT2D eigenvalue weighted by Gasteiger charge is -2.19. The predicted octanol–water partition coefficient (Wildman–Crippen LogP) is 0.786. The summed E-state index contributed by atoms with van der Waals surface area (Å²) in [6.45, 7) is 3.97. The number of carbonyl (C=O) groups is 1. The monoisotopic (exact) mass is 210 g/mol. The molecule has 0 spiro atoms. The van der Waals surface area contributed by atoms with Crippen LogP contribution in [0.3, 0.4) is 0 Å². The second kappa shape index (κ2) is 4.49. The van der Waals surface area contributed by atoms with Gasteiger partial charge in [-0.3, -0.25) is 4.79 Å². The van der Waals surface area contributed by atoms with Crippen molar-refractivity contribution in [3.63, 3.8) is 0 Å². The maximum absolute atomic E-state index is 11.9. The number of likely N-dealkylation sites (N-methyl/N-ethyl adjacent to an activating group) is 1. The van der Waals surface area contributed by atoms with Crippen LogP contribution in [0.4, 0.5) is 0 Å². The Morgan fingerprint density at radius 3 is 2.60 bits per heavy atom. The van der Waals surface area contributed by atoms with E-state index in [4.69, 9.17) is 0 Å². The average Bonchev–Trinajstić information content (AvgIpc) is 2.45. The van der Waals surface area contributed by atoms with Crippen molar-refractivity contribution in [1.29, 1.82) is 0 Å². The maximum atomic E-state index is 11.9. The maximum Gasteiger partial charge on any atom is 0.270 e. The molecule has 1 aromatic heterocycles. The largest absolute Gasteiger partial charge is 0.392 e. The standard InChI is InChI=1S/C11H18N2O2/c1-8-5-6-10(13(8)4)11(15)12(3)7-9(2)14/h5-6,9,14H,7H2,1-4H3. The molecule has 84 valence electrons. The van der Waals surface area contributed by atoms with Crippen molar-refractivity contribution in [2.45, 2.75) is 20.0 Å². The van der Waals surface area contributed by atoms with E-state index in [9.17, 15) is 9.90 Å². The summed E-state index contributed by atoms with van der Waals surface area (Å²) in [6, 6.07) is 3.71. The molecule has 1 aromatic rings. The number of amides is 1. The molecule has 4 heteroatoms. The Morgan fingerprint density at radius 2 is 2.20 bits per heavy atom. The molecular weight excluding hydrogens is 192 g/mol. The van der Waals surface area contributed by atoms with Crippen LogP contribution in [-0.2, 0) is 7.05 Å². The van der Waals surface area contributed by atoms with E-state index in [2.05, 4.69) is 0 Å². The smallest absolute Gasteiger partial charge is 0.270 e. The summed E-state index contributed by atoms with van der Waals surface area (Å²) in [7, 11) is 3.55. The van der Waals surface area contributed by atoms with E-state index >= 15 is 0 Å². The van der Waals surface area contributed by atoms with Crippen LogP contribution < -0.4 is 0 Å². The highest BCUT2D eigenvalue weighted by Gasteiger charge is 2.16. The number of aliphatic hydroxyl groups excluding tert-OH is 1. The summed E-state index contributed by atoms with van der Waals surface area (Å²) >= 11 is 0. The first-order valence-electron chi connectivity index (χ1n) is 4.99. The molecule has 0 radical (unpaired) electrons. The highest BCUT2D eigenvalue weighted by atomic mass is 16.3. The first-order chi connectivity index (χ1) is 6.93. The van der Waals surface area contributed by atoms with Gasteiger partial charge in [-0.2, -0.15) is 0 Å². The van der Waals surface area contributed by atoms with Gasteiger partial charge in [0, 0.05) is 26.3 Å². The third kappa shape index (κ3) is 2.59. The number of rotatable bonds is 3. The molecule has 15 heavy (non-hydrogen) atoms. The number of hydrogen-bond donors (Lipinski definition) is 1. The molecule has 0 aromatic carbocycles. The summed E-state index contributed by atoms with van der Waals surface area (Å²) < 4.78 is 1.85. The van der Waals surface area contributed by atoms with Gasteiger partial charge < -0.3 is 14.6 Å². The van der Waals surface area contributed by atoms with Gasteiger partial charge >= 0.3 is 0 Å². The van der Waals surface area contributed by atoms with Crippen molar-refractivity contribution < 1.29 is 9.90 Å². The van der Waals surface area contributed by atoms with Crippen LogP contribution in [-0.4, -0.2) is 40.2 Å². The van der Waals surface area contributed by atoms with Crippen LogP contribution in [0.15, 0.2) is 12.1 Å². The Morgan fingerprint density at radius 1 is 1.60 bits per heavy atom. The molecule has 1 heterocycles. The normalized spacial score (nSPS) is 12.6. The molecule has 1 atom stereocenters. The molecular formula is C11H18N2O2. The van der Waals surface area contributed by atoms with Crippen LogP contribution in [0.25, 0.3) is 0 Å². The average molecular weight is 210 g/mol. The zero-order valence-electron chi connectivity index (χ0n) is 9.69. The summed E-state index contributed by atoms with van der Waals surface area (Å²) in [5.41, 5.74) is 1.69. The van der Waals surface area contributed by atoms with E-state index < -0.39 is 6.10 Å². The fourth-order valence-electron chi connectivity index (χ4n) is 1.50. The summed E-state index contributed by atoms with van der Waals surface area (Å²) in [6.07, 6.45) is -0.500. The van der Waals surface area contributed by atoms with Gasteiger partial charge in [-0.15, -0.1) is 0 Å². The molecule has 0 bridgehead atoms.